The zero-order valence-electron chi connectivity index (χ0n) is 13.7. The molecule has 0 aliphatic carbocycles. The number of carbonyl (C=O) groups is 2. The van der Waals surface area contributed by atoms with Gasteiger partial charge in [0.2, 0.25) is 0 Å². The summed E-state index contributed by atoms with van der Waals surface area (Å²) in [5.41, 5.74) is 0.346. The van der Waals surface area contributed by atoms with Crippen LogP contribution in [0.3, 0.4) is 0 Å². The first-order valence-electron chi connectivity index (χ1n) is 7.34. The van der Waals surface area contributed by atoms with Crippen molar-refractivity contribution in [2.45, 2.75) is 32.9 Å². The van der Waals surface area contributed by atoms with Crippen LogP contribution in [0.1, 0.15) is 20.8 Å². The first kappa shape index (κ1) is 17.4. The van der Waals surface area contributed by atoms with Crippen LogP contribution in [0.5, 0.6) is 0 Å². The lowest BCUT2D eigenvalue weighted by atomic mass is 10.2. The summed E-state index contributed by atoms with van der Waals surface area (Å²) in [6, 6.07) is 0. The summed E-state index contributed by atoms with van der Waals surface area (Å²) in [5.74, 6) is -0.515. The largest absolute Gasteiger partial charge is 0.480 e. The first-order valence-corrected chi connectivity index (χ1v) is 7.34. The Labute approximate surface area is 138 Å². The van der Waals surface area contributed by atoms with Crippen LogP contribution < -0.4 is 10.6 Å². The minimum Gasteiger partial charge on any atom is -0.480 e. The number of aromatic nitrogens is 4. The van der Waals surface area contributed by atoms with Gasteiger partial charge >= 0.3 is 12.1 Å². The molecule has 0 saturated carbocycles. The van der Waals surface area contributed by atoms with Crippen LogP contribution in [-0.2, 0) is 16.1 Å². The minimum absolute atomic E-state index is 0.229. The molecule has 1 amide bonds. The Bertz CT molecular complexity index is 736. The zero-order valence-corrected chi connectivity index (χ0v) is 13.7. The van der Waals surface area contributed by atoms with Gasteiger partial charge in [-0.15, -0.1) is 0 Å². The van der Waals surface area contributed by atoms with Crippen molar-refractivity contribution in [3.8, 4) is 0 Å². The third kappa shape index (κ3) is 4.80. The number of carboxylic acid groups (broad SMARTS) is 1. The van der Waals surface area contributed by atoms with Gasteiger partial charge in [0.1, 0.15) is 24.0 Å². The average Bonchev–Trinajstić information content (AvgIpc) is 2.85. The number of imidazole rings is 1. The van der Waals surface area contributed by atoms with Crippen molar-refractivity contribution < 1.29 is 19.4 Å². The van der Waals surface area contributed by atoms with Gasteiger partial charge in [0, 0.05) is 13.1 Å². The number of carboxylic acids is 1. The van der Waals surface area contributed by atoms with Crippen LogP contribution in [-0.4, -0.2) is 55.4 Å². The van der Waals surface area contributed by atoms with Crippen molar-refractivity contribution in [2.24, 2.45) is 0 Å². The molecule has 0 unspecified atom stereocenters. The molecule has 0 spiro atoms. The van der Waals surface area contributed by atoms with E-state index in [1.165, 1.54) is 17.2 Å². The van der Waals surface area contributed by atoms with Crippen LogP contribution in [0.25, 0.3) is 11.2 Å². The fraction of sp³-hybridized carbons (Fsp3) is 0.500. The summed E-state index contributed by atoms with van der Waals surface area (Å²) in [7, 11) is 0. The molecule has 2 heterocycles. The van der Waals surface area contributed by atoms with Gasteiger partial charge in [-0.05, 0) is 20.8 Å². The van der Waals surface area contributed by atoms with E-state index in [1.54, 1.807) is 20.8 Å². The van der Waals surface area contributed by atoms with Crippen LogP contribution in [0.4, 0.5) is 10.6 Å². The molecule has 24 heavy (non-hydrogen) atoms. The minimum atomic E-state index is -0.982. The number of carbonyl (C=O) groups excluding carboxylic acids is 1. The van der Waals surface area contributed by atoms with E-state index in [-0.39, 0.29) is 6.54 Å². The number of fused-ring (bicyclic) bond motifs is 1. The third-order valence-corrected chi connectivity index (χ3v) is 2.79. The fourth-order valence-electron chi connectivity index (χ4n) is 1.93. The molecule has 2 aromatic heterocycles. The molecule has 0 saturated heterocycles. The van der Waals surface area contributed by atoms with E-state index in [9.17, 15) is 9.59 Å². The number of nitrogens with zero attached hydrogens (tertiary/aromatic N) is 4. The van der Waals surface area contributed by atoms with Crippen LogP contribution >= 0.6 is 0 Å². The quantitative estimate of drug-likeness (QED) is 0.662. The Morgan fingerprint density at radius 1 is 1.25 bits per heavy atom. The number of ether oxygens (including phenoxy) is 1. The number of aliphatic carboxylic acids is 1. The van der Waals surface area contributed by atoms with Gasteiger partial charge in [0.15, 0.2) is 11.5 Å². The highest BCUT2D eigenvalue weighted by molar-refractivity contribution is 5.83. The third-order valence-electron chi connectivity index (χ3n) is 2.79. The molecule has 0 bridgehead atoms. The molecule has 0 radical (unpaired) electrons. The summed E-state index contributed by atoms with van der Waals surface area (Å²) >= 11 is 0. The van der Waals surface area contributed by atoms with Crippen LogP contribution in [0.2, 0.25) is 0 Å². The lowest BCUT2D eigenvalue weighted by Gasteiger charge is -2.19. The van der Waals surface area contributed by atoms with Crippen molar-refractivity contribution >= 4 is 29.0 Å². The second kappa shape index (κ2) is 7.11. The molecule has 0 atom stereocenters. The molecular formula is C14H20N6O4. The number of hydrogen-bond donors (Lipinski definition) is 3. The summed E-state index contributed by atoms with van der Waals surface area (Å²) in [6.07, 6.45) is 2.23. The maximum absolute atomic E-state index is 11.5. The standard InChI is InChI=1S/C14H20N6O4/c1-14(2,3)24-13(23)16-5-4-15-11-10-12(18-7-17-11)20(8-19-10)6-9(21)22/h7-8H,4-6H2,1-3H3,(H,16,23)(H,21,22)(H,15,17,18). The summed E-state index contributed by atoms with van der Waals surface area (Å²) in [5, 5.41) is 14.5. The summed E-state index contributed by atoms with van der Waals surface area (Å²) < 4.78 is 6.55. The SMILES string of the molecule is CC(C)(C)OC(=O)NCCNc1ncnc2c1ncn2CC(=O)O. The molecule has 0 aliphatic rings. The van der Waals surface area contributed by atoms with Gasteiger partial charge in [-0.1, -0.05) is 0 Å². The monoisotopic (exact) mass is 336 g/mol. The molecule has 2 rings (SSSR count). The van der Waals surface area contributed by atoms with Crippen molar-refractivity contribution in [1.82, 2.24) is 24.8 Å². The summed E-state index contributed by atoms with van der Waals surface area (Å²) in [4.78, 5) is 34.6. The maximum atomic E-state index is 11.5. The zero-order chi connectivity index (χ0) is 17.7. The summed E-state index contributed by atoms with van der Waals surface area (Å²) in [6.45, 7) is 5.86. The van der Waals surface area contributed by atoms with Gasteiger partial charge in [0.05, 0.1) is 6.33 Å². The van der Waals surface area contributed by atoms with Gasteiger partial charge < -0.3 is 25.0 Å². The highest BCUT2D eigenvalue weighted by atomic mass is 16.6. The topological polar surface area (TPSA) is 131 Å². The Hall–Kier alpha value is -2.91. The number of nitrogens with one attached hydrogen (secondary N) is 2. The molecular weight excluding hydrogens is 316 g/mol. The highest BCUT2D eigenvalue weighted by Gasteiger charge is 2.15. The normalized spacial score (nSPS) is 11.3. The predicted octanol–water partition coefficient (Wildman–Crippen LogP) is 0.847. The number of alkyl carbamates (subject to hydrolysis) is 1. The van der Waals surface area contributed by atoms with Gasteiger partial charge in [-0.25, -0.2) is 19.7 Å². The number of rotatable bonds is 6. The lowest BCUT2D eigenvalue weighted by molar-refractivity contribution is -0.137. The van der Waals surface area contributed by atoms with E-state index in [0.717, 1.165) is 0 Å². The first-order chi connectivity index (χ1) is 11.3. The molecule has 130 valence electrons. The van der Waals surface area contributed by atoms with Gasteiger partial charge in [-0.2, -0.15) is 0 Å². The van der Waals surface area contributed by atoms with E-state index in [2.05, 4.69) is 25.6 Å². The van der Waals surface area contributed by atoms with Crippen molar-refractivity contribution in [1.29, 1.82) is 0 Å². The predicted molar refractivity (Wildman–Crippen MR) is 85.7 cm³/mol. The maximum Gasteiger partial charge on any atom is 0.407 e. The van der Waals surface area contributed by atoms with Crippen LogP contribution in [0.15, 0.2) is 12.7 Å². The molecule has 10 heteroatoms. The van der Waals surface area contributed by atoms with Crippen molar-refractivity contribution in [3.05, 3.63) is 12.7 Å². The Morgan fingerprint density at radius 3 is 2.67 bits per heavy atom. The van der Waals surface area contributed by atoms with Crippen molar-refractivity contribution in [2.75, 3.05) is 18.4 Å². The van der Waals surface area contributed by atoms with Gasteiger partial charge in [-0.3, -0.25) is 4.79 Å². The lowest BCUT2D eigenvalue weighted by Crippen LogP contribution is -2.35. The van der Waals surface area contributed by atoms with E-state index in [1.807, 2.05) is 0 Å². The molecule has 2 aromatic rings. The van der Waals surface area contributed by atoms with Gasteiger partial charge in [0.25, 0.3) is 0 Å². The number of anilines is 1. The number of hydrogen-bond acceptors (Lipinski definition) is 7. The molecule has 0 aliphatic heterocycles. The van der Waals surface area contributed by atoms with E-state index >= 15 is 0 Å². The Kier molecular flexibility index (Phi) is 5.17. The Morgan fingerprint density at radius 2 is 2.00 bits per heavy atom. The van der Waals surface area contributed by atoms with E-state index in [4.69, 9.17) is 9.84 Å². The smallest absolute Gasteiger partial charge is 0.407 e. The van der Waals surface area contributed by atoms with E-state index in [0.29, 0.717) is 30.1 Å². The average molecular weight is 336 g/mol. The fourth-order valence-corrected chi connectivity index (χ4v) is 1.93. The highest BCUT2D eigenvalue weighted by Crippen LogP contribution is 2.16. The second-order valence-corrected chi connectivity index (χ2v) is 6.02. The molecule has 0 aromatic carbocycles. The van der Waals surface area contributed by atoms with Crippen LogP contribution in [0, 0.1) is 0 Å². The Balaban J connectivity index is 1.93. The number of amides is 1. The van der Waals surface area contributed by atoms with Crippen molar-refractivity contribution in [3.63, 3.8) is 0 Å². The molecule has 0 fully saturated rings. The second-order valence-electron chi connectivity index (χ2n) is 6.02. The van der Waals surface area contributed by atoms with E-state index < -0.39 is 17.7 Å². The molecule has 10 nitrogen and oxygen atoms in total. The molecule has 3 N–H and O–H groups in total.